The van der Waals surface area contributed by atoms with Gasteiger partial charge in [0.05, 0.1) is 11.1 Å². The number of carboxylic acid groups (broad SMARTS) is 1. The summed E-state index contributed by atoms with van der Waals surface area (Å²) < 4.78 is 0. The van der Waals surface area contributed by atoms with Crippen molar-refractivity contribution in [3.63, 3.8) is 0 Å². The standard InChI is InChI=1S/C20H25N3O2S/c1-2-15-3-4-18(21-7-15)11-23-10-17-9-22(8-16-5-6-26-12-16)13-20(17,14-23)19(24)25/h3-7,12,17H,2,8-11,13-14H2,1H3,(H,24,25)/t17-,20-/m0/s1. The number of aryl methyl sites for hydroxylation is 1. The molecule has 2 saturated heterocycles. The zero-order chi connectivity index (χ0) is 18.1. The van der Waals surface area contributed by atoms with Crippen molar-refractivity contribution in [3.05, 3.63) is 52.0 Å². The number of rotatable bonds is 6. The molecule has 0 amide bonds. The predicted octanol–water partition coefficient (Wildman–Crippen LogP) is 2.72. The lowest BCUT2D eigenvalue weighted by Crippen LogP contribution is -2.40. The van der Waals surface area contributed by atoms with Crippen LogP contribution in [0.5, 0.6) is 0 Å². The smallest absolute Gasteiger partial charge is 0.312 e. The minimum absolute atomic E-state index is 0.188. The molecule has 0 spiro atoms. The van der Waals surface area contributed by atoms with E-state index in [1.807, 2.05) is 6.20 Å². The second-order valence-corrected chi connectivity index (χ2v) is 8.42. The first-order valence-electron chi connectivity index (χ1n) is 9.22. The van der Waals surface area contributed by atoms with Gasteiger partial charge in [0.1, 0.15) is 0 Å². The zero-order valence-corrected chi connectivity index (χ0v) is 15.9. The molecule has 0 saturated carbocycles. The Morgan fingerprint density at radius 3 is 2.54 bits per heavy atom. The van der Waals surface area contributed by atoms with Gasteiger partial charge in [-0.15, -0.1) is 0 Å². The topological polar surface area (TPSA) is 56.7 Å². The third-order valence-corrected chi connectivity index (χ3v) is 6.57. The van der Waals surface area contributed by atoms with E-state index in [1.54, 1.807) is 11.3 Å². The predicted molar refractivity (Wildman–Crippen MR) is 102 cm³/mol. The number of hydrogen-bond acceptors (Lipinski definition) is 5. The Morgan fingerprint density at radius 2 is 2.00 bits per heavy atom. The summed E-state index contributed by atoms with van der Waals surface area (Å²) in [5.41, 5.74) is 2.91. The molecule has 26 heavy (non-hydrogen) atoms. The number of pyridine rings is 1. The van der Waals surface area contributed by atoms with E-state index in [-0.39, 0.29) is 5.92 Å². The van der Waals surface area contributed by atoms with Gasteiger partial charge in [-0.05, 0) is 40.4 Å². The van der Waals surface area contributed by atoms with Crippen LogP contribution in [0.25, 0.3) is 0 Å². The van der Waals surface area contributed by atoms with E-state index >= 15 is 0 Å². The highest BCUT2D eigenvalue weighted by atomic mass is 32.1. The maximum atomic E-state index is 12.2. The quantitative estimate of drug-likeness (QED) is 0.846. The average molecular weight is 372 g/mol. The Balaban J connectivity index is 1.43. The van der Waals surface area contributed by atoms with Gasteiger partial charge in [0.15, 0.2) is 0 Å². The number of aliphatic carboxylic acids is 1. The fourth-order valence-corrected chi connectivity index (χ4v) is 5.10. The lowest BCUT2D eigenvalue weighted by Gasteiger charge is -2.25. The van der Waals surface area contributed by atoms with E-state index in [9.17, 15) is 9.90 Å². The summed E-state index contributed by atoms with van der Waals surface area (Å²) in [5.74, 6) is -0.458. The molecule has 138 valence electrons. The van der Waals surface area contributed by atoms with Gasteiger partial charge in [-0.2, -0.15) is 11.3 Å². The molecule has 2 aromatic rings. The first kappa shape index (κ1) is 17.6. The second kappa shape index (κ2) is 7.10. The Bertz CT molecular complexity index is 762. The number of carbonyl (C=O) groups is 1. The molecule has 0 aliphatic carbocycles. The highest BCUT2D eigenvalue weighted by molar-refractivity contribution is 7.07. The highest BCUT2D eigenvalue weighted by Crippen LogP contribution is 2.43. The molecule has 0 unspecified atom stereocenters. The molecule has 0 aromatic carbocycles. The van der Waals surface area contributed by atoms with Crippen molar-refractivity contribution in [2.24, 2.45) is 11.3 Å². The minimum Gasteiger partial charge on any atom is -0.481 e. The van der Waals surface area contributed by atoms with E-state index in [2.05, 4.69) is 50.7 Å². The van der Waals surface area contributed by atoms with Crippen LogP contribution in [-0.4, -0.2) is 52.0 Å². The zero-order valence-electron chi connectivity index (χ0n) is 15.1. The van der Waals surface area contributed by atoms with Gasteiger partial charge in [-0.1, -0.05) is 13.0 Å². The molecule has 6 heteroatoms. The molecule has 2 aliphatic heterocycles. The maximum Gasteiger partial charge on any atom is 0.312 e. The molecule has 2 aromatic heterocycles. The number of likely N-dealkylation sites (tertiary alicyclic amines) is 2. The Hall–Kier alpha value is -1.76. The van der Waals surface area contributed by atoms with Crippen LogP contribution in [0.1, 0.15) is 23.7 Å². The Kier molecular flexibility index (Phi) is 4.82. The van der Waals surface area contributed by atoms with Gasteiger partial charge < -0.3 is 5.11 Å². The number of hydrogen-bond donors (Lipinski definition) is 1. The SMILES string of the molecule is CCc1ccc(CN2C[C@@H]3CN(Cc4ccsc4)C[C@]3(C(=O)O)C2)nc1. The summed E-state index contributed by atoms with van der Waals surface area (Å²) in [7, 11) is 0. The summed E-state index contributed by atoms with van der Waals surface area (Å²) in [5, 5.41) is 14.2. The number of aromatic nitrogens is 1. The fraction of sp³-hybridized carbons (Fsp3) is 0.500. The molecule has 2 aliphatic rings. The molecule has 5 nitrogen and oxygen atoms in total. The molecular weight excluding hydrogens is 346 g/mol. The fourth-order valence-electron chi connectivity index (χ4n) is 4.44. The van der Waals surface area contributed by atoms with Gasteiger partial charge >= 0.3 is 5.97 Å². The van der Waals surface area contributed by atoms with Crippen LogP contribution in [0.3, 0.4) is 0 Å². The van der Waals surface area contributed by atoms with Crippen LogP contribution in [0.4, 0.5) is 0 Å². The van der Waals surface area contributed by atoms with E-state index in [4.69, 9.17) is 0 Å². The van der Waals surface area contributed by atoms with Crippen molar-refractivity contribution in [3.8, 4) is 0 Å². The van der Waals surface area contributed by atoms with Crippen molar-refractivity contribution in [2.75, 3.05) is 26.2 Å². The maximum absolute atomic E-state index is 12.2. The van der Waals surface area contributed by atoms with Crippen molar-refractivity contribution < 1.29 is 9.90 Å². The third kappa shape index (κ3) is 3.29. The van der Waals surface area contributed by atoms with Crippen molar-refractivity contribution in [2.45, 2.75) is 26.4 Å². The van der Waals surface area contributed by atoms with Crippen LogP contribution in [0.2, 0.25) is 0 Å². The summed E-state index contributed by atoms with van der Waals surface area (Å²) in [6.07, 6.45) is 2.92. The normalized spacial score (nSPS) is 26.3. The number of nitrogens with zero attached hydrogens (tertiary/aromatic N) is 3. The van der Waals surface area contributed by atoms with Crippen LogP contribution >= 0.6 is 11.3 Å². The van der Waals surface area contributed by atoms with Gasteiger partial charge in [0.25, 0.3) is 0 Å². The van der Waals surface area contributed by atoms with E-state index in [1.165, 1.54) is 11.1 Å². The molecule has 2 fully saturated rings. The average Bonchev–Trinajstić information content (AvgIpc) is 3.31. The molecule has 4 heterocycles. The monoisotopic (exact) mass is 371 g/mol. The van der Waals surface area contributed by atoms with Crippen LogP contribution in [0, 0.1) is 11.3 Å². The molecule has 2 atom stereocenters. The number of carboxylic acids is 1. The van der Waals surface area contributed by atoms with Crippen molar-refractivity contribution >= 4 is 17.3 Å². The minimum atomic E-state index is -0.646. The number of fused-ring (bicyclic) bond motifs is 1. The van der Waals surface area contributed by atoms with Gasteiger partial charge in [0.2, 0.25) is 0 Å². The molecule has 0 bridgehead atoms. The van der Waals surface area contributed by atoms with Crippen LogP contribution < -0.4 is 0 Å². The van der Waals surface area contributed by atoms with Gasteiger partial charge in [0, 0.05) is 51.4 Å². The lowest BCUT2D eigenvalue weighted by atomic mass is 9.81. The van der Waals surface area contributed by atoms with Crippen molar-refractivity contribution in [1.82, 2.24) is 14.8 Å². The summed E-state index contributed by atoms with van der Waals surface area (Å²) in [4.78, 5) is 21.3. The Labute approximate surface area is 158 Å². The van der Waals surface area contributed by atoms with Crippen LogP contribution in [-0.2, 0) is 24.3 Å². The Morgan fingerprint density at radius 1 is 1.23 bits per heavy atom. The van der Waals surface area contributed by atoms with E-state index in [0.717, 1.165) is 38.3 Å². The van der Waals surface area contributed by atoms with Crippen molar-refractivity contribution in [1.29, 1.82) is 0 Å². The summed E-state index contributed by atoms with van der Waals surface area (Å²) >= 11 is 1.70. The highest BCUT2D eigenvalue weighted by Gasteiger charge is 2.57. The van der Waals surface area contributed by atoms with Crippen LogP contribution in [0.15, 0.2) is 35.2 Å². The lowest BCUT2D eigenvalue weighted by molar-refractivity contribution is -0.149. The first-order valence-corrected chi connectivity index (χ1v) is 10.2. The number of thiophene rings is 1. The molecule has 1 N–H and O–H groups in total. The summed E-state index contributed by atoms with van der Waals surface area (Å²) in [6.45, 7) is 6.67. The third-order valence-electron chi connectivity index (χ3n) is 5.84. The van der Waals surface area contributed by atoms with E-state index in [0.29, 0.717) is 13.1 Å². The second-order valence-electron chi connectivity index (χ2n) is 7.64. The van der Waals surface area contributed by atoms with Gasteiger partial charge in [-0.3, -0.25) is 19.6 Å². The largest absolute Gasteiger partial charge is 0.481 e. The molecule has 0 radical (unpaired) electrons. The first-order chi connectivity index (χ1) is 12.6. The van der Waals surface area contributed by atoms with E-state index < -0.39 is 11.4 Å². The van der Waals surface area contributed by atoms with Gasteiger partial charge in [-0.25, -0.2) is 0 Å². The molecular formula is C20H25N3O2S. The molecule has 4 rings (SSSR count). The summed E-state index contributed by atoms with van der Waals surface area (Å²) in [6, 6.07) is 6.32.